The Balaban J connectivity index is 4.35. The van der Waals surface area contributed by atoms with E-state index in [1.54, 1.807) is 0 Å². The molecule has 0 aromatic heterocycles. The zero-order chi connectivity index (χ0) is 12.1. The second kappa shape index (κ2) is 5.31. The summed E-state index contributed by atoms with van der Waals surface area (Å²) < 4.78 is 10.8. The molecule has 3 heteroatoms. The molecule has 0 aliphatic carbocycles. The Hall–Kier alpha value is -0.830. The van der Waals surface area contributed by atoms with Crippen LogP contribution in [-0.2, 0) is 14.3 Å². The maximum atomic E-state index is 11.1. The van der Waals surface area contributed by atoms with Crippen LogP contribution in [0.25, 0.3) is 0 Å². The molecule has 0 aliphatic heterocycles. The summed E-state index contributed by atoms with van der Waals surface area (Å²) in [6, 6.07) is 0. The highest BCUT2D eigenvalue weighted by Gasteiger charge is 2.31. The van der Waals surface area contributed by atoms with Gasteiger partial charge in [-0.1, -0.05) is 6.58 Å². The fourth-order valence-corrected chi connectivity index (χ4v) is 1.82. The highest BCUT2D eigenvalue weighted by atomic mass is 16.6. The van der Waals surface area contributed by atoms with Crippen molar-refractivity contribution in [1.82, 2.24) is 0 Å². The van der Waals surface area contributed by atoms with E-state index in [0.717, 1.165) is 0 Å². The Morgan fingerprint density at radius 2 is 1.80 bits per heavy atom. The van der Waals surface area contributed by atoms with E-state index in [1.807, 2.05) is 34.6 Å². The van der Waals surface area contributed by atoms with Crippen molar-refractivity contribution in [2.24, 2.45) is 0 Å². The van der Waals surface area contributed by atoms with Crippen LogP contribution in [-0.4, -0.2) is 23.8 Å². The summed E-state index contributed by atoms with van der Waals surface area (Å²) in [5.41, 5.74) is -0.830. The van der Waals surface area contributed by atoms with Gasteiger partial charge in [-0.15, -0.1) is 0 Å². The fraction of sp³-hybridized carbons (Fsp3) is 0.750. The number of rotatable bonds is 6. The van der Waals surface area contributed by atoms with E-state index in [9.17, 15) is 4.79 Å². The first-order valence-electron chi connectivity index (χ1n) is 5.22. The largest absolute Gasteiger partial charge is 0.456 e. The van der Waals surface area contributed by atoms with Crippen molar-refractivity contribution in [2.75, 3.05) is 6.61 Å². The van der Waals surface area contributed by atoms with E-state index >= 15 is 0 Å². The topological polar surface area (TPSA) is 35.5 Å². The molecule has 0 rings (SSSR count). The van der Waals surface area contributed by atoms with Crippen molar-refractivity contribution in [3.63, 3.8) is 0 Å². The second-order valence-corrected chi connectivity index (χ2v) is 4.75. The predicted molar refractivity (Wildman–Crippen MR) is 60.7 cm³/mol. The zero-order valence-corrected chi connectivity index (χ0v) is 10.4. The Morgan fingerprint density at radius 1 is 1.27 bits per heavy atom. The molecule has 0 spiro atoms. The number of hydrogen-bond donors (Lipinski definition) is 0. The molecule has 0 saturated carbocycles. The Kier molecular flexibility index (Phi) is 5.01. The average molecular weight is 214 g/mol. The summed E-state index contributed by atoms with van der Waals surface area (Å²) >= 11 is 0. The van der Waals surface area contributed by atoms with Gasteiger partial charge in [-0.2, -0.15) is 0 Å². The number of hydrogen-bond acceptors (Lipinski definition) is 3. The van der Waals surface area contributed by atoms with E-state index in [-0.39, 0.29) is 5.60 Å². The average Bonchev–Trinajstić information content (AvgIpc) is 2.00. The van der Waals surface area contributed by atoms with Crippen molar-refractivity contribution >= 4 is 5.97 Å². The first-order valence-corrected chi connectivity index (χ1v) is 5.22. The summed E-state index contributed by atoms with van der Waals surface area (Å²) in [7, 11) is 0. The minimum Gasteiger partial charge on any atom is -0.456 e. The van der Waals surface area contributed by atoms with Gasteiger partial charge < -0.3 is 9.47 Å². The van der Waals surface area contributed by atoms with Crippen LogP contribution in [0.4, 0.5) is 0 Å². The lowest BCUT2D eigenvalue weighted by Crippen LogP contribution is -2.38. The van der Waals surface area contributed by atoms with Gasteiger partial charge >= 0.3 is 5.97 Å². The minimum atomic E-state index is -0.538. The molecule has 0 atom stereocenters. The van der Waals surface area contributed by atoms with Crippen LogP contribution in [0, 0.1) is 0 Å². The third-order valence-electron chi connectivity index (χ3n) is 1.93. The lowest BCUT2D eigenvalue weighted by atomic mass is 9.92. The standard InChI is InChI=1S/C12H22O3/c1-7-10(13)15-12(5,6)9-11(3,4)14-8-2/h7H,1,8-9H2,2-6H3. The first-order chi connectivity index (χ1) is 6.72. The molecule has 0 amide bonds. The molecule has 0 N–H and O–H groups in total. The molecular weight excluding hydrogens is 192 g/mol. The lowest BCUT2D eigenvalue weighted by Gasteiger charge is -2.34. The van der Waals surface area contributed by atoms with Gasteiger partial charge in [0.15, 0.2) is 0 Å². The highest BCUT2D eigenvalue weighted by molar-refractivity contribution is 5.81. The molecular formula is C12H22O3. The van der Waals surface area contributed by atoms with Gasteiger partial charge in [0.25, 0.3) is 0 Å². The van der Waals surface area contributed by atoms with E-state index in [4.69, 9.17) is 9.47 Å². The monoisotopic (exact) mass is 214 g/mol. The maximum absolute atomic E-state index is 11.1. The lowest BCUT2D eigenvalue weighted by molar-refractivity contribution is -0.156. The van der Waals surface area contributed by atoms with Crippen molar-refractivity contribution in [3.05, 3.63) is 12.7 Å². The quantitative estimate of drug-likeness (QED) is 0.503. The van der Waals surface area contributed by atoms with E-state index in [0.29, 0.717) is 13.0 Å². The van der Waals surface area contributed by atoms with Crippen LogP contribution in [0.15, 0.2) is 12.7 Å². The molecule has 0 bridgehead atoms. The summed E-state index contributed by atoms with van der Waals surface area (Å²) in [6.45, 7) is 13.7. The van der Waals surface area contributed by atoms with Gasteiger partial charge in [-0.3, -0.25) is 0 Å². The normalized spacial score (nSPS) is 12.3. The maximum Gasteiger partial charge on any atom is 0.330 e. The third-order valence-corrected chi connectivity index (χ3v) is 1.93. The van der Waals surface area contributed by atoms with Gasteiger partial charge in [0, 0.05) is 19.1 Å². The molecule has 0 aliphatic rings. The minimum absolute atomic E-state index is 0.292. The molecule has 0 radical (unpaired) electrons. The molecule has 0 fully saturated rings. The molecule has 0 heterocycles. The molecule has 88 valence electrons. The van der Waals surface area contributed by atoms with Crippen LogP contribution in [0.1, 0.15) is 41.0 Å². The van der Waals surface area contributed by atoms with Gasteiger partial charge in [0.1, 0.15) is 5.60 Å². The van der Waals surface area contributed by atoms with Crippen molar-refractivity contribution in [2.45, 2.75) is 52.2 Å². The molecule has 3 nitrogen and oxygen atoms in total. The molecule has 15 heavy (non-hydrogen) atoms. The number of carbonyl (C=O) groups is 1. The van der Waals surface area contributed by atoms with Crippen LogP contribution in [0.3, 0.4) is 0 Å². The van der Waals surface area contributed by atoms with Crippen LogP contribution >= 0.6 is 0 Å². The highest BCUT2D eigenvalue weighted by Crippen LogP contribution is 2.26. The predicted octanol–water partition coefficient (Wildman–Crippen LogP) is 2.70. The smallest absolute Gasteiger partial charge is 0.330 e. The first kappa shape index (κ1) is 14.2. The van der Waals surface area contributed by atoms with Crippen LogP contribution in [0.2, 0.25) is 0 Å². The summed E-state index contributed by atoms with van der Waals surface area (Å²) in [6.07, 6.45) is 1.82. The van der Waals surface area contributed by atoms with Gasteiger partial charge in [0.05, 0.1) is 5.60 Å². The SMILES string of the molecule is C=CC(=O)OC(C)(C)CC(C)(C)OCC. The van der Waals surface area contributed by atoms with Crippen LogP contribution in [0.5, 0.6) is 0 Å². The summed E-state index contributed by atoms with van der Waals surface area (Å²) in [5, 5.41) is 0. The molecule has 0 unspecified atom stereocenters. The Morgan fingerprint density at radius 3 is 2.20 bits per heavy atom. The summed E-state index contributed by atoms with van der Waals surface area (Å²) in [4.78, 5) is 11.1. The molecule has 0 aromatic carbocycles. The van der Waals surface area contributed by atoms with E-state index < -0.39 is 11.6 Å². The number of ether oxygens (including phenoxy) is 2. The van der Waals surface area contributed by atoms with E-state index in [2.05, 4.69) is 6.58 Å². The van der Waals surface area contributed by atoms with Crippen molar-refractivity contribution in [3.8, 4) is 0 Å². The van der Waals surface area contributed by atoms with Crippen LogP contribution < -0.4 is 0 Å². The van der Waals surface area contributed by atoms with Gasteiger partial charge in [-0.05, 0) is 34.6 Å². The van der Waals surface area contributed by atoms with Crippen molar-refractivity contribution in [1.29, 1.82) is 0 Å². The molecule has 0 aromatic rings. The molecule has 0 saturated heterocycles. The Labute approximate surface area is 92.5 Å². The van der Waals surface area contributed by atoms with Gasteiger partial charge in [0.2, 0.25) is 0 Å². The fourth-order valence-electron chi connectivity index (χ4n) is 1.82. The van der Waals surface area contributed by atoms with E-state index in [1.165, 1.54) is 6.08 Å². The number of esters is 1. The van der Waals surface area contributed by atoms with Crippen molar-refractivity contribution < 1.29 is 14.3 Å². The third kappa shape index (κ3) is 6.28. The van der Waals surface area contributed by atoms with Gasteiger partial charge in [-0.25, -0.2) is 4.79 Å². The summed E-state index contributed by atoms with van der Waals surface area (Å²) in [5.74, 6) is -0.396. The second-order valence-electron chi connectivity index (χ2n) is 4.75. The Bertz CT molecular complexity index is 229. The zero-order valence-electron chi connectivity index (χ0n) is 10.4. The number of carbonyl (C=O) groups excluding carboxylic acids is 1.